The topological polar surface area (TPSA) is 40.6 Å². The molecule has 26 heavy (non-hydrogen) atoms. The Bertz CT molecular complexity index is 948. The zero-order valence-electron chi connectivity index (χ0n) is 14.5. The van der Waals surface area contributed by atoms with E-state index >= 15 is 0 Å². The smallest absolute Gasteiger partial charge is 0.262 e. The Morgan fingerprint density at radius 3 is 2.08 bits per heavy atom. The van der Waals surface area contributed by atoms with Gasteiger partial charge in [0.1, 0.15) is 4.90 Å². The summed E-state index contributed by atoms with van der Waals surface area (Å²) in [5.41, 5.74) is 4.65. The van der Waals surface area contributed by atoms with E-state index in [0.29, 0.717) is 0 Å². The second-order valence-electron chi connectivity index (χ2n) is 6.47. The Morgan fingerprint density at radius 2 is 1.46 bits per heavy atom. The molecule has 2 aliphatic heterocycles. The van der Waals surface area contributed by atoms with Crippen molar-refractivity contribution in [2.24, 2.45) is 0 Å². The Balaban J connectivity index is 0.000000158. The summed E-state index contributed by atoms with van der Waals surface area (Å²) in [5, 5.41) is 1.04. The largest absolute Gasteiger partial charge is 0.374 e. The third-order valence-electron chi connectivity index (χ3n) is 4.69. The van der Waals surface area contributed by atoms with Crippen LogP contribution >= 0.6 is 33.9 Å². The van der Waals surface area contributed by atoms with Crippen LogP contribution in [0.3, 0.4) is 0 Å². The van der Waals surface area contributed by atoms with Gasteiger partial charge in [0.25, 0.3) is 9.05 Å². The van der Waals surface area contributed by atoms with Gasteiger partial charge in [-0.1, -0.05) is 23.2 Å². The molecule has 0 spiro atoms. The number of benzene rings is 2. The van der Waals surface area contributed by atoms with Gasteiger partial charge in [-0.2, -0.15) is 0 Å². The van der Waals surface area contributed by atoms with E-state index in [4.69, 9.17) is 33.9 Å². The van der Waals surface area contributed by atoms with Gasteiger partial charge in [0, 0.05) is 54.3 Å². The zero-order valence-corrected chi connectivity index (χ0v) is 17.6. The second kappa shape index (κ2) is 7.47. The minimum Gasteiger partial charge on any atom is -0.374 e. The molecule has 2 aromatic carbocycles. The summed E-state index contributed by atoms with van der Waals surface area (Å²) < 4.78 is 22.4. The Kier molecular flexibility index (Phi) is 5.63. The molecule has 0 saturated heterocycles. The van der Waals surface area contributed by atoms with Crippen LogP contribution in [0.15, 0.2) is 35.2 Å². The maximum absolute atomic E-state index is 11.2. The van der Waals surface area contributed by atoms with Gasteiger partial charge in [0.2, 0.25) is 0 Å². The summed E-state index contributed by atoms with van der Waals surface area (Å²) >= 11 is 11.7. The fraction of sp³-hybridized carbons (Fsp3) is 0.333. The average molecular weight is 434 g/mol. The fourth-order valence-electron chi connectivity index (χ4n) is 3.27. The van der Waals surface area contributed by atoms with Gasteiger partial charge in [-0.15, -0.1) is 0 Å². The lowest BCUT2D eigenvalue weighted by Crippen LogP contribution is -2.12. The number of halogens is 3. The molecule has 0 saturated carbocycles. The van der Waals surface area contributed by atoms with Crippen molar-refractivity contribution in [3.05, 3.63) is 51.5 Å². The molecular formula is C18H19Cl3N2O2S. The van der Waals surface area contributed by atoms with Crippen molar-refractivity contribution in [3.8, 4) is 0 Å². The van der Waals surface area contributed by atoms with Gasteiger partial charge in [-0.05, 0) is 54.3 Å². The molecule has 0 atom stereocenters. The number of hydrogen-bond donors (Lipinski definition) is 0. The van der Waals surface area contributed by atoms with Crippen LogP contribution in [0, 0.1) is 0 Å². The minimum absolute atomic E-state index is 0.0154. The van der Waals surface area contributed by atoms with E-state index in [-0.39, 0.29) is 9.92 Å². The van der Waals surface area contributed by atoms with Gasteiger partial charge >= 0.3 is 0 Å². The molecule has 4 rings (SSSR count). The molecule has 0 aliphatic carbocycles. The summed E-state index contributed by atoms with van der Waals surface area (Å²) in [4.78, 5) is 4.22. The van der Waals surface area contributed by atoms with Crippen LogP contribution in [0.5, 0.6) is 0 Å². The standard InChI is InChI=1S/C9H9Cl2NO2S.C9H10ClN/c1-12-3-2-6-4-7(10)9(5-8(6)12)15(11,13)14;1-11-5-4-7-6-8(10)2-3-9(7)11/h4-5H,2-3H2,1H3;2-3,6H,4-5H2,1H3. The van der Waals surface area contributed by atoms with E-state index in [2.05, 4.69) is 24.1 Å². The summed E-state index contributed by atoms with van der Waals surface area (Å²) in [6, 6.07) is 9.30. The van der Waals surface area contributed by atoms with E-state index in [0.717, 1.165) is 42.2 Å². The molecule has 0 N–H and O–H groups in total. The third kappa shape index (κ3) is 4.06. The number of likely N-dealkylation sites (N-methyl/N-ethyl adjacent to an activating group) is 2. The maximum atomic E-state index is 11.2. The SMILES string of the molecule is CN1CCc2cc(Cl)c(S(=O)(=O)Cl)cc21.CN1CCc2cc(Cl)ccc21. The zero-order chi connectivity index (χ0) is 19.1. The summed E-state index contributed by atoms with van der Waals surface area (Å²) in [5.74, 6) is 0. The van der Waals surface area contributed by atoms with Gasteiger partial charge in [-0.25, -0.2) is 8.42 Å². The number of rotatable bonds is 1. The molecule has 2 heterocycles. The molecule has 140 valence electrons. The highest BCUT2D eigenvalue weighted by Crippen LogP contribution is 2.35. The third-order valence-corrected chi connectivity index (χ3v) is 6.71. The van der Waals surface area contributed by atoms with E-state index in [1.54, 1.807) is 6.07 Å². The highest BCUT2D eigenvalue weighted by Gasteiger charge is 2.22. The number of fused-ring (bicyclic) bond motifs is 2. The molecular weight excluding hydrogens is 415 g/mol. The highest BCUT2D eigenvalue weighted by molar-refractivity contribution is 8.13. The molecule has 0 unspecified atom stereocenters. The molecule has 0 fully saturated rings. The van der Waals surface area contributed by atoms with Crippen molar-refractivity contribution < 1.29 is 8.42 Å². The summed E-state index contributed by atoms with van der Waals surface area (Å²) in [6.45, 7) is 1.99. The number of nitrogens with zero attached hydrogens (tertiary/aromatic N) is 2. The predicted octanol–water partition coefficient (Wildman–Crippen LogP) is 4.59. The van der Waals surface area contributed by atoms with Crippen LogP contribution < -0.4 is 9.80 Å². The average Bonchev–Trinajstić information content (AvgIpc) is 3.09. The van der Waals surface area contributed by atoms with Crippen LogP contribution in [-0.2, 0) is 21.9 Å². The fourth-order valence-corrected chi connectivity index (χ4v) is 5.00. The van der Waals surface area contributed by atoms with E-state index in [1.165, 1.54) is 17.3 Å². The van der Waals surface area contributed by atoms with Crippen LogP contribution in [0.4, 0.5) is 11.4 Å². The van der Waals surface area contributed by atoms with Crippen LogP contribution in [-0.4, -0.2) is 35.6 Å². The Labute approximate surface area is 168 Å². The first-order chi connectivity index (χ1) is 12.2. The normalized spacial score (nSPS) is 15.4. The number of hydrogen-bond acceptors (Lipinski definition) is 4. The van der Waals surface area contributed by atoms with Crippen molar-refractivity contribution in [2.45, 2.75) is 17.7 Å². The van der Waals surface area contributed by atoms with Crippen molar-refractivity contribution in [1.29, 1.82) is 0 Å². The van der Waals surface area contributed by atoms with Gasteiger partial charge in [-0.3, -0.25) is 0 Å². The lowest BCUT2D eigenvalue weighted by Gasteiger charge is -2.12. The number of anilines is 2. The van der Waals surface area contributed by atoms with Crippen molar-refractivity contribution in [3.63, 3.8) is 0 Å². The first-order valence-electron chi connectivity index (χ1n) is 8.14. The molecule has 0 aromatic heterocycles. The first kappa shape index (κ1) is 19.6. The second-order valence-corrected chi connectivity index (χ2v) is 9.84. The van der Waals surface area contributed by atoms with Crippen LogP contribution in [0.2, 0.25) is 10.0 Å². The Hall–Kier alpha value is -1.14. The maximum Gasteiger partial charge on any atom is 0.262 e. The van der Waals surface area contributed by atoms with Gasteiger partial charge in [0.05, 0.1) is 5.02 Å². The predicted molar refractivity (Wildman–Crippen MR) is 110 cm³/mol. The van der Waals surface area contributed by atoms with Crippen molar-refractivity contribution in [2.75, 3.05) is 37.0 Å². The quantitative estimate of drug-likeness (QED) is 0.617. The first-order valence-corrected chi connectivity index (χ1v) is 11.2. The monoisotopic (exact) mass is 432 g/mol. The van der Waals surface area contributed by atoms with Crippen molar-refractivity contribution in [1.82, 2.24) is 0 Å². The summed E-state index contributed by atoms with van der Waals surface area (Å²) in [6.07, 6.45) is 2.01. The molecule has 4 nitrogen and oxygen atoms in total. The molecule has 8 heteroatoms. The molecule has 2 aromatic rings. The van der Waals surface area contributed by atoms with E-state index in [9.17, 15) is 8.42 Å². The van der Waals surface area contributed by atoms with Crippen LogP contribution in [0.1, 0.15) is 11.1 Å². The van der Waals surface area contributed by atoms with Gasteiger partial charge < -0.3 is 9.80 Å². The van der Waals surface area contributed by atoms with E-state index < -0.39 is 9.05 Å². The molecule has 2 aliphatic rings. The van der Waals surface area contributed by atoms with Crippen molar-refractivity contribution >= 4 is 54.3 Å². The Morgan fingerprint density at radius 1 is 0.885 bits per heavy atom. The van der Waals surface area contributed by atoms with E-state index in [1.807, 2.05) is 18.0 Å². The minimum atomic E-state index is -3.76. The lowest BCUT2D eigenvalue weighted by molar-refractivity contribution is 0.609. The molecule has 0 bridgehead atoms. The molecule has 0 amide bonds. The highest BCUT2D eigenvalue weighted by atomic mass is 35.7. The van der Waals surface area contributed by atoms with Gasteiger partial charge in [0.15, 0.2) is 0 Å². The lowest BCUT2D eigenvalue weighted by atomic mass is 10.2. The van der Waals surface area contributed by atoms with Crippen LogP contribution in [0.25, 0.3) is 0 Å². The summed E-state index contributed by atoms with van der Waals surface area (Å²) in [7, 11) is 5.54. The molecule has 0 radical (unpaired) electrons.